The summed E-state index contributed by atoms with van der Waals surface area (Å²) in [5, 5.41) is 0. The highest BCUT2D eigenvalue weighted by Gasteiger charge is 2.19. The van der Waals surface area contributed by atoms with Crippen LogP contribution < -0.4 is 9.80 Å². The van der Waals surface area contributed by atoms with Gasteiger partial charge in [-0.1, -0.05) is 0 Å². The van der Waals surface area contributed by atoms with Gasteiger partial charge in [-0.15, -0.1) is 0 Å². The first-order chi connectivity index (χ1) is 10.8. The number of carbonyl (C=O) groups is 1. The average molecular weight is 301 g/mol. The van der Waals surface area contributed by atoms with Crippen molar-refractivity contribution >= 4 is 28.6 Å². The minimum absolute atomic E-state index is 0.355. The molecule has 0 radical (unpaired) electrons. The maximum Gasteiger partial charge on any atom is 0.298 e. The van der Waals surface area contributed by atoms with Gasteiger partial charge in [0.25, 0.3) is 6.01 Å². The second kappa shape index (κ2) is 5.61. The van der Waals surface area contributed by atoms with E-state index >= 15 is 0 Å². The van der Waals surface area contributed by atoms with E-state index in [4.69, 9.17) is 9.15 Å². The zero-order valence-corrected chi connectivity index (χ0v) is 12.5. The number of hydrogen-bond acceptors (Lipinski definition) is 6. The van der Waals surface area contributed by atoms with Crippen LogP contribution in [0.15, 0.2) is 22.6 Å². The molecule has 2 fully saturated rings. The van der Waals surface area contributed by atoms with Crippen LogP contribution in [0.25, 0.3) is 11.1 Å². The van der Waals surface area contributed by atoms with Crippen molar-refractivity contribution in [1.82, 2.24) is 4.98 Å². The molecule has 0 unspecified atom stereocenters. The smallest absolute Gasteiger partial charge is 0.298 e. The Hall–Kier alpha value is -2.08. The molecule has 0 atom stereocenters. The van der Waals surface area contributed by atoms with Crippen LogP contribution in [0.2, 0.25) is 0 Å². The molecular formula is C16H19N3O3. The number of aromatic nitrogens is 1. The zero-order chi connectivity index (χ0) is 14.9. The maximum atomic E-state index is 11.4. The summed E-state index contributed by atoms with van der Waals surface area (Å²) >= 11 is 0. The highest BCUT2D eigenvalue weighted by atomic mass is 16.5. The normalized spacial score (nSPS) is 19.9. The largest absolute Gasteiger partial charge is 0.423 e. The van der Waals surface area contributed by atoms with Gasteiger partial charge < -0.3 is 19.0 Å². The van der Waals surface area contributed by atoms with Crippen LogP contribution in [-0.2, 0) is 9.53 Å². The third-order valence-electron chi connectivity index (χ3n) is 4.33. The Bertz CT molecular complexity index is 681. The molecule has 0 saturated carbocycles. The highest BCUT2D eigenvalue weighted by Crippen LogP contribution is 2.27. The third kappa shape index (κ3) is 2.54. The maximum absolute atomic E-state index is 11.4. The van der Waals surface area contributed by atoms with Crippen LogP contribution in [-0.4, -0.2) is 50.2 Å². The minimum Gasteiger partial charge on any atom is -0.423 e. The van der Waals surface area contributed by atoms with E-state index < -0.39 is 0 Å². The van der Waals surface area contributed by atoms with Crippen molar-refractivity contribution < 1.29 is 13.9 Å². The van der Waals surface area contributed by atoms with Gasteiger partial charge in [0.15, 0.2) is 5.58 Å². The lowest BCUT2D eigenvalue weighted by Gasteiger charge is -2.27. The van der Waals surface area contributed by atoms with E-state index in [2.05, 4.69) is 20.9 Å². The Balaban J connectivity index is 1.59. The van der Waals surface area contributed by atoms with Gasteiger partial charge in [0.2, 0.25) is 0 Å². The molecule has 0 N–H and O–H groups in total. The number of morpholine rings is 1. The second-order valence-electron chi connectivity index (χ2n) is 5.77. The van der Waals surface area contributed by atoms with Crippen molar-refractivity contribution in [2.45, 2.75) is 12.8 Å². The number of benzene rings is 1. The van der Waals surface area contributed by atoms with E-state index in [9.17, 15) is 4.79 Å². The Labute approximate surface area is 128 Å². The first-order valence-corrected chi connectivity index (χ1v) is 7.79. The van der Waals surface area contributed by atoms with Crippen molar-refractivity contribution in [3.8, 4) is 0 Å². The van der Waals surface area contributed by atoms with Crippen molar-refractivity contribution in [2.75, 3.05) is 49.2 Å². The summed E-state index contributed by atoms with van der Waals surface area (Å²) in [6.07, 6.45) is 1.27. The first kappa shape index (κ1) is 13.6. The molecule has 3 heterocycles. The number of ketones is 1. The molecule has 0 spiro atoms. The number of hydrogen-bond donors (Lipinski definition) is 0. The van der Waals surface area contributed by atoms with Gasteiger partial charge in [-0.3, -0.25) is 4.79 Å². The van der Waals surface area contributed by atoms with Crippen molar-refractivity contribution in [3.63, 3.8) is 0 Å². The summed E-state index contributed by atoms with van der Waals surface area (Å²) < 4.78 is 11.2. The lowest BCUT2D eigenvalue weighted by Crippen LogP contribution is -2.36. The van der Waals surface area contributed by atoms with Gasteiger partial charge in [-0.2, -0.15) is 4.98 Å². The minimum atomic E-state index is 0.355. The molecule has 6 nitrogen and oxygen atoms in total. The summed E-state index contributed by atoms with van der Waals surface area (Å²) in [7, 11) is 0. The fraction of sp³-hybridized carbons (Fsp3) is 0.500. The number of Topliss-reactive ketones (excluding diaryl/α,β-unsaturated/α-hetero) is 1. The van der Waals surface area contributed by atoms with Crippen LogP contribution >= 0.6 is 0 Å². The molecule has 2 saturated heterocycles. The third-order valence-corrected chi connectivity index (χ3v) is 4.33. The number of fused-ring (bicyclic) bond motifs is 1. The van der Waals surface area contributed by atoms with Gasteiger partial charge in [0.05, 0.1) is 13.2 Å². The Kier molecular flexibility index (Phi) is 3.46. The number of ether oxygens (including phenoxy) is 1. The molecule has 1 aromatic carbocycles. The number of piperidine rings is 1. The van der Waals surface area contributed by atoms with Crippen molar-refractivity contribution in [1.29, 1.82) is 0 Å². The molecule has 22 heavy (non-hydrogen) atoms. The molecule has 2 aliphatic rings. The van der Waals surface area contributed by atoms with Gasteiger partial charge >= 0.3 is 0 Å². The SMILES string of the molecule is O=C1CCN(c2ccc3oc(N4CCOCC4)nc3c2)CC1. The van der Waals surface area contributed by atoms with Crippen LogP contribution in [0.4, 0.5) is 11.7 Å². The highest BCUT2D eigenvalue weighted by molar-refractivity contribution is 5.83. The van der Waals surface area contributed by atoms with Crippen molar-refractivity contribution in [2.24, 2.45) is 0 Å². The van der Waals surface area contributed by atoms with Crippen LogP contribution in [0, 0.1) is 0 Å². The topological polar surface area (TPSA) is 58.8 Å². The van der Waals surface area contributed by atoms with Crippen LogP contribution in [0.5, 0.6) is 0 Å². The van der Waals surface area contributed by atoms with Gasteiger partial charge in [0.1, 0.15) is 11.3 Å². The van der Waals surface area contributed by atoms with Gasteiger partial charge in [0, 0.05) is 44.7 Å². The molecule has 0 aliphatic carbocycles. The first-order valence-electron chi connectivity index (χ1n) is 7.79. The standard InChI is InChI=1S/C16H19N3O3/c20-13-3-5-18(6-4-13)12-1-2-15-14(11-12)17-16(22-15)19-7-9-21-10-8-19/h1-2,11H,3-10H2. The molecule has 1 aromatic heterocycles. The molecular weight excluding hydrogens is 282 g/mol. The van der Waals surface area contributed by atoms with Gasteiger partial charge in [-0.05, 0) is 18.2 Å². The lowest BCUT2D eigenvalue weighted by molar-refractivity contribution is -0.119. The molecule has 2 aliphatic heterocycles. The molecule has 116 valence electrons. The van der Waals surface area contributed by atoms with E-state index in [-0.39, 0.29) is 0 Å². The summed E-state index contributed by atoms with van der Waals surface area (Å²) in [4.78, 5) is 20.3. The Morgan fingerprint density at radius 2 is 1.77 bits per heavy atom. The van der Waals surface area contributed by atoms with E-state index in [1.165, 1.54) is 0 Å². The lowest BCUT2D eigenvalue weighted by atomic mass is 10.1. The Morgan fingerprint density at radius 3 is 2.55 bits per heavy atom. The number of nitrogens with zero attached hydrogens (tertiary/aromatic N) is 3. The summed E-state index contributed by atoms with van der Waals surface area (Å²) in [6, 6.07) is 6.74. The predicted molar refractivity (Wildman–Crippen MR) is 83.5 cm³/mol. The number of oxazole rings is 1. The van der Waals surface area contributed by atoms with E-state index in [1.807, 2.05) is 12.1 Å². The van der Waals surface area contributed by atoms with Crippen LogP contribution in [0.3, 0.4) is 0 Å². The van der Waals surface area contributed by atoms with E-state index in [0.29, 0.717) is 37.9 Å². The summed E-state index contributed by atoms with van der Waals surface area (Å²) in [6.45, 7) is 4.64. The number of anilines is 2. The number of rotatable bonds is 2. The average Bonchev–Trinajstić information content (AvgIpc) is 2.99. The molecule has 0 amide bonds. The van der Waals surface area contributed by atoms with E-state index in [0.717, 1.165) is 43.0 Å². The fourth-order valence-electron chi connectivity index (χ4n) is 3.00. The van der Waals surface area contributed by atoms with Crippen LogP contribution in [0.1, 0.15) is 12.8 Å². The summed E-state index contributed by atoms with van der Waals surface area (Å²) in [5.41, 5.74) is 2.79. The number of carbonyl (C=O) groups excluding carboxylic acids is 1. The molecule has 4 rings (SSSR count). The zero-order valence-electron chi connectivity index (χ0n) is 12.5. The summed E-state index contributed by atoms with van der Waals surface area (Å²) in [5.74, 6) is 0.355. The Morgan fingerprint density at radius 1 is 1.00 bits per heavy atom. The quantitative estimate of drug-likeness (QED) is 0.843. The van der Waals surface area contributed by atoms with E-state index in [1.54, 1.807) is 0 Å². The molecule has 0 bridgehead atoms. The van der Waals surface area contributed by atoms with Crippen molar-refractivity contribution in [3.05, 3.63) is 18.2 Å². The monoisotopic (exact) mass is 301 g/mol. The molecule has 2 aromatic rings. The van der Waals surface area contributed by atoms with Gasteiger partial charge in [-0.25, -0.2) is 0 Å². The fourth-order valence-corrected chi connectivity index (χ4v) is 3.00. The second-order valence-corrected chi connectivity index (χ2v) is 5.77. The molecule has 6 heteroatoms. The predicted octanol–water partition coefficient (Wildman–Crippen LogP) is 1.83.